The minimum Gasteiger partial charge on any atom is -0.396 e. The van der Waals surface area contributed by atoms with Crippen LogP contribution in [0.15, 0.2) is 24.3 Å². The van der Waals surface area contributed by atoms with Crippen LogP contribution in [-0.4, -0.2) is 11.7 Å². The number of aliphatic hydroxyl groups excluding tert-OH is 1. The molecule has 0 atom stereocenters. The Labute approximate surface area is 99.5 Å². The van der Waals surface area contributed by atoms with Crippen LogP contribution in [0.4, 0.5) is 0 Å². The van der Waals surface area contributed by atoms with Crippen LogP contribution >= 0.6 is 0 Å². The smallest absolute Gasteiger partial charge is 0.0471 e. The number of benzene rings is 1. The molecule has 1 heteroatoms. The summed E-state index contributed by atoms with van der Waals surface area (Å²) in [6, 6.07) is 8.67. The molecule has 1 rings (SSSR count). The van der Waals surface area contributed by atoms with E-state index < -0.39 is 0 Å². The highest BCUT2D eigenvalue weighted by Crippen LogP contribution is 2.10. The normalized spacial score (nSPS) is 10.6. The summed E-state index contributed by atoms with van der Waals surface area (Å²) in [5.41, 5.74) is 2.66. The van der Waals surface area contributed by atoms with Crippen LogP contribution in [0.5, 0.6) is 0 Å². The van der Waals surface area contributed by atoms with Gasteiger partial charge < -0.3 is 5.11 Å². The first-order chi connectivity index (χ1) is 7.86. The molecule has 0 fully saturated rings. The van der Waals surface area contributed by atoms with E-state index in [1.807, 2.05) is 0 Å². The van der Waals surface area contributed by atoms with Gasteiger partial charge >= 0.3 is 0 Å². The molecule has 1 aromatic rings. The van der Waals surface area contributed by atoms with Crippen LogP contribution in [-0.2, 0) is 12.8 Å². The maximum Gasteiger partial charge on any atom is 0.0471 e. The molecule has 0 aromatic heterocycles. The van der Waals surface area contributed by atoms with Gasteiger partial charge in [-0.2, -0.15) is 0 Å². The first-order valence-electron chi connectivity index (χ1n) is 6.55. The van der Waals surface area contributed by atoms with Gasteiger partial charge in [0.05, 0.1) is 0 Å². The third kappa shape index (κ3) is 5.32. The highest BCUT2D eigenvalue weighted by atomic mass is 16.2. The molecular formula is C15H24O. The summed E-state index contributed by atoms with van der Waals surface area (Å²) in [6.07, 6.45) is 8.69. The molecule has 0 heterocycles. The summed E-state index contributed by atoms with van der Waals surface area (Å²) in [5, 5.41) is 8.81. The van der Waals surface area contributed by atoms with Gasteiger partial charge in [0.25, 0.3) is 0 Å². The molecule has 1 aromatic carbocycles. The first kappa shape index (κ1) is 13.2. The van der Waals surface area contributed by atoms with E-state index in [9.17, 15) is 0 Å². The highest BCUT2D eigenvalue weighted by Gasteiger charge is 1.95. The lowest BCUT2D eigenvalue weighted by molar-refractivity contribution is 0.299. The van der Waals surface area contributed by atoms with Crippen molar-refractivity contribution in [2.75, 3.05) is 6.61 Å². The standard InChI is InChI=1S/C15H24O/c1-2-3-4-5-6-7-14-8-10-15(11-9-14)12-13-16/h8-11,16H,2-7,12-13H2,1H3. The summed E-state index contributed by atoms with van der Waals surface area (Å²) in [4.78, 5) is 0. The van der Waals surface area contributed by atoms with Crippen LogP contribution in [0.25, 0.3) is 0 Å². The Balaban J connectivity index is 2.21. The number of hydrogen-bond donors (Lipinski definition) is 1. The Morgan fingerprint density at radius 2 is 1.38 bits per heavy atom. The lowest BCUT2D eigenvalue weighted by Crippen LogP contribution is -1.91. The van der Waals surface area contributed by atoms with Crippen molar-refractivity contribution < 1.29 is 5.11 Å². The minimum atomic E-state index is 0.246. The van der Waals surface area contributed by atoms with E-state index in [0.29, 0.717) is 0 Å². The average Bonchev–Trinajstić information content (AvgIpc) is 2.31. The first-order valence-corrected chi connectivity index (χ1v) is 6.55. The lowest BCUT2D eigenvalue weighted by atomic mass is 10.0. The van der Waals surface area contributed by atoms with Gasteiger partial charge in [0.15, 0.2) is 0 Å². The molecule has 0 aliphatic heterocycles. The van der Waals surface area contributed by atoms with E-state index in [2.05, 4.69) is 31.2 Å². The van der Waals surface area contributed by atoms with Crippen molar-refractivity contribution in [2.24, 2.45) is 0 Å². The van der Waals surface area contributed by atoms with Crippen molar-refractivity contribution >= 4 is 0 Å². The summed E-state index contributed by atoms with van der Waals surface area (Å²) in [7, 11) is 0. The van der Waals surface area contributed by atoms with E-state index in [4.69, 9.17) is 5.11 Å². The summed E-state index contributed by atoms with van der Waals surface area (Å²) >= 11 is 0. The second kappa shape index (κ2) is 8.35. The Kier molecular flexibility index (Phi) is 6.91. The second-order valence-electron chi connectivity index (χ2n) is 4.45. The molecule has 1 N–H and O–H groups in total. The third-order valence-corrected chi connectivity index (χ3v) is 2.99. The monoisotopic (exact) mass is 220 g/mol. The second-order valence-corrected chi connectivity index (χ2v) is 4.45. The lowest BCUT2D eigenvalue weighted by Gasteiger charge is -2.03. The number of rotatable bonds is 8. The van der Waals surface area contributed by atoms with Crippen molar-refractivity contribution in [2.45, 2.75) is 51.9 Å². The van der Waals surface area contributed by atoms with Gasteiger partial charge in [-0.25, -0.2) is 0 Å². The molecule has 0 saturated heterocycles. The molecule has 1 nitrogen and oxygen atoms in total. The van der Waals surface area contributed by atoms with Crippen LogP contribution in [0, 0.1) is 0 Å². The largest absolute Gasteiger partial charge is 0.396 e. The van der Waals surface area contributed by atoms with Crippen molar-refractivity contribution in [3.05, 3.63) is 35.4 Å². The fraction of sp³-hybridized carbons (Fsp3) is 0.600. The molecule has 0 spiro atoms. The minimum absolute atomic E-state index is 0.246. The molecule has 0 radical (unpaired) electrons. The molecule has 90 valence electrons. The Bertz CT molecular complexity index is 263. The molecule has 0 amide bonds. The van der Waals surface area contributed by atoms with Gasteiger partial charge in [-0.15, -0.1) is 0 Å². The van der Waals surface area contributed by atoms with Gasteiger partial charge in [-0.05, 0) is 30.4 Å². The number of hydrogen-bond acceptors (Lipinski definition) is 1. The zero-order valence-electron chi connectivity index (χ0n) is 10.4. The Morgan fingerprint density at radius 1 is 0.812 bits per heavy atom. The Morgan fingerprint density at radius 3 is 1.94 bits per heavy atom. The van der Waals surface area contributed by atoms with Gasteiger partial charge in [-0.3, -0.25) is 0 Å². The van der Waals surface area contributed by atoms with Gasteiger partial charge in [0.2, 0.25) is 0 Å². The molecular weight excluding hydrogens is 196 g/mol. The van der Waals surface area contributed by atoms with Crippen LogP contribution < -0.4 is 0 Å². The fourth-order valence-corrected chi connectivity index (χ4v) is 1.93. The number of aryl methyl sites for hydroxylation is 1. The third-order valence-electron chi connectivity index (χ3n) is 2.99. The van der Waals surface area contributed by atoms with Crippen molar-refractivity contribution in [3.63, 3.8) is 0 Å². The highest BCUT2D eigenvalue weighted by molar-refractivity contribution is 5.22. The maximum atomic E-state index is 8.81. The Hall–Kier alpha value is -0.820. The van der Waals surface area contributed by atoms with Gasteiger partial charge in [-0.1, -0.05) is 56.9 Å². The van der Waals surface area contributed by atoms with Crippen molar-refractivity contribution in [3.8, 4) is 0 Å². The van der Waals surface area contributed by atoms with Crippen LogP contribution in [0.2, 0.25) is 0 Å². The van der Waals surface area contributed by atoms with E-state index in [0.717, 1.165) is 6.42 Å². The number of aliphatic hydroxyl groups is 1. The zero-order valence-corrected chi connectivity index (χ0v) is 10.4. The SMILES string of the molecule is CCCCCCCc1ccc(CCO)cc1. The zero-order chi connectivity index (χ0) is 11.6. The quantitative estimate of drug-likeness (QED) is 0.662. The fourth-order valence-electron chi connectivity index (χ4n) is 1.93. The molecule has 0 aliphatic carbocycles. The molecule has 16 heavy (non-hydrogen) atoms. The van der Waals surface area contributed by atoms with E-state index in [1.54, 1.807) is 0 Å². The predicted molar refractivity (Wildman–Crippen MR) is 69.7 cm³/mol. The van der Waals surface area contributed by atoms with Crippen molar-refractivity contribution in [1.82, 2.24) is 0 Å². The van der Waals surface area contributed by atoms with Crippen LogP contribution in [0.3, 0.4) is 0 Å². The topological polar surface area (TPSA) is 20.2 Å². The van der Waals surface area contributed by atoms with Gasteiger partial charge in [0.1, 0.15) is 0 Å². The summed E-state index contributed by atoms with van der Waals surface area (Å²) in [6.45, 7) is 2.50. The van der Waals surface area contributed by atoms with E-state index in [1.165, 1.54) is 49.7 Å². The van der Waals surface area contributed by atoms with Crippen molar-refractivity contribution in [1.29, 1.82) is 0 Å². The molecule has 0 unspecified atom stereocenters. The molecule has 0 aliphatic rings. The molecule has 0 bridgehead atoms. The molecule has 0 saturated carbocycles. The van der Waals surface area contributed by atoms with E-state index >= 15 is 0 Å². The number of unbranched alkanes of at least 4 members (excludes halogenated alkanes) is 4. The maximum absolute atomic E-state index is 8.81. The summed E-state index contributed by atoms with van der Waals surface area (Å²) < 4.78 is 0. The summed E-state index contributed by atoms with van der Waals surface area (Å²) in [5.74, 6) is 0. The van der Waals surface area contributed by atoms with E-state index in [-0.39, 0.29) is 6.61 Å². The van der Waals surface area contributed by atoms with Crippen LogP contribution in [0.1, 0.15) is 50.2 Å². The average molecular weight is 220 g/mol. The van der Waals surface area contributed by atoms with Gasteiger partial charge in [0, 0.05) is 6.61 Å². The predicted octanol–water partition coefficient (Wildman–Crippen LogP) is 3.73.